The van der Waals surface area contributed by atoms with Gasteiger partial charge in [0.05, 0.1) is 22.2 Å². The van der Waals surface area contributed by atoms with Crippen molar-refractivity contribution < 1.29 is 22.7 Å². The third-order valence-electron chi connectivity index (χ3n) is 6.43. The van der Waals surface area contributed by atoms with Crippen molar-refractivity contribution in [2.75, 3.05) is 18.0 Å². The zero-order chi connectivity index (χ0) is 27.3. The van der Waals surface area contributed by atoms with Gasteiger partial charge in [-0.05, 0) is 61.2 Å². The van der Waals surface area contributed by atoms with E-state index >= 15 is 0 Å². The van der Waals surface area contributed by atoms with Crippen LogP contribution >= 0.6 is 22.9 Å². The second-order valence-corrected chi connectivity index (χ2v) is 10.6. The monoisotopic (exact) mass is 573 g/mol. The Morgan fingerprint density at radius 1 is 1.00 bits per heavy atom. The lowest BCUT2D eigenvalue weighted by atomic mass is 10.1. The molecule has 1 fully saturated rings. The minimum atomic E-state index is -5.28. The number of ether oxygens (including phenoxy) is 1. The van der Waals surface area contributed by atoms with Crippen LogP contribution in [-0.4, -0.2) is 44.8 Å². The molecule has 1 aliphatic rings. The highest BCUT2D eigenvalue weighted by Crippen LogP contribution is 2.34. The number of halogens is 4. The van der Waals surface area contributed by atoms with Crippen molar-refractivity contribution in [1.29, 1.82) is 0 Å². The molecular weight excluding hydrogens is 555 g/mol. The van der Waals surface area contributed by atoms with E-state index < -0.39 is 23.7 Å². The third kappa shape index (κ3) is 4.85. The Morgan fingerprint density at radius 2 is 1.74 bits per heavy atom. The molecule has 1 aliphatic heterocycles. The van der Waals surface area contributed by atoms with Crippen molar-refractivity contribution >= 4 is 56.1 Å². The summed E-state index contributed by atoms with van der Waals surface area (Å²) in [5.74, 6) is -1.80. The first-order valence-electron chi connectivity index (χ1n) is 12.0. The summed E-state index contributed by atoms with van der Waals surface area (Å²) in [6.07, 6.45) is -2.02. The van der Waals surface area contributed by atoms with Gasteiger partial charge in [0.25, 0.3) is 5.56 Å². The largest absolute Gasteiger partial charge is 0.491 e. The first kappa shape index (κ1) is 25.4. The Bertz CT molecular complexity index is 1770. The number of rotatable bonds is 4. The molecule has 0 bridgehead atoms. The fourth-order valence-electron chi connectivity index (χ4n) is 4.53. The minimum Gasteiger partial charge on any atom is -0.385 e. The van der Waals surface area contributed by atoms with Gasteiger partial charge in [-0.2, -0.15) is 18.2 Å². The van der Waals surface area contributed by atoms with Crippen LogP contribution < -0.4 is 15.2 Å². The fourth-order valence-corrected chi connectivity index (χ4v) is 5.69. The quantitative estimate of drug-likeness (QED) is 0.261. The van der Waals surface area contributed by atoms with E-state index in [2.05, 4.69) is 24.6 Å². The molecule has 0 aliphatic carbocycles. The van der Waals surface area contributed by atoms with Crippen molar-refractivity contribution in [1.82, 2.24) is 19.5 Å². The smallest absolute Gasteiger partial charge is 0.385 e. The SMILES string of the molecule is O=C(Oc1nc2cc(-c3ccc(Cl)cc3)sc2c(=O)n1-c1ccc2nc(N3CCCCC3)[nH]c2c1)C(F)(F)F. The number of alkyl halides is 3. The van der Waals surface area contributed by atoms with E-state index in [9.17, 15) is 22.8 Å². The van der Waals surface area contributed by atoms with Crippen molar-refractivity contribution in [3.8, 4) is 22.1 Å². The molecule has 4 heterocycles. The second kappa shape index (κ2) is 9.69. The summed E-state index contributed by atoms with van der Waals surface area (Å²) in [6.45, 7) is 1.72. The number of fused-ring (bicyclic) bond motifs is 2. The van der Waals surface area contributed by atoms with Crippen LogP contribution in [0.5, 0.6) is 6.01 Å². The molecule has 0 spiro atoms. The summed E-state index contributed by atoms with van der Waals surface area (Å²) in [7, 11) is 0. The number of imidazole rings is 1. The van der Waals surface area contributed by atoms with E-state index in [4.69, 9.17) is 11.6 Å². The van der Waals surface area contributed by atoms with Crippen LogP contribution in [0.4, 0.5) is 19.1 Å². The highest BCUT2D eigenvalue weighted by atomic mass is 35.5. The predicted octanol–water partition coefficient (Wildman–Crippen LogP) is 6.10. The molecule has 2 aromatic carbocycles. The predicted molar refractivity (Wildman–Crippen MR) is 143 cm³/mol. The van der Waals surface area contributed by atoms with Gasteiger partial charge in [0.15, 0.2) is 0 Å². The van der Waals surface area contributed by atoms with Gasteiger partial charge in [-0.1, -0.05) is 23.7 Å². The number of thiophene rings is 1. The van der Waals surface area contributed by atoms with Crippen LogP contribution in [0.15, 0.2) is 53.3 Å². The van der Waals surface area contributed by atoms with E-state index in [0.29, 0.717) is 26.9 Å². The number of carbonyl (C=O) groups is 1. The molecule has 0 saturated carbocycles. The molecule has 6 rings (SSSR count). The Hall–Kier alpha value is -3.90. The van der Waals surface area contributed by atoms with Gasteiger partial charge >= 0.3 is 18.2 Å². The Morgan fingerprint density at radius 3 is 2.46 bits per heavy atom. The number of nitrogens with one attached hydrogen (secondary N) is 1. The van der Waals surface area contributed by atoms with Gasteiger partial charge in [0, 0.05) is 23.0 Å². The maximum absolute atomic E-state index is 13.7. The first-order chi connectivity index (χ1) is 18.7. The molecule has 0 amide bonds. The molecular formula is C26H19ClF3N5O3S. The number of anilines is 1. The molecule has 1 saturated heterocycles. The highest BCUT2D eigenvalue weighted by molar-refractivity contribution is 7.22. The average molecular weight is 574 g/mol. The molecule has 0 atom stereocenters. The zero-order valence-corrected chi connectivity index (χ0v) is 21.7. The molecule has 0 radical (unpaired) electrons. The Balaban J connectivity index is 1.49. The molecule has 200 valence electrons. The molecule has 0 unspecified atom stereocenters. The number of esters is 1. The van der Waals surface area contributed by atoms with Crippen LogP contribution in [-0.2, 0) is 4.79 Å². The molecule has 5 aromatic rings. The van der Waals surface area contributed by atoms with Crippen LogP contribution in [0.3, 0.4) is 0 Å². The van der Waals surface area contributed by atoms with Gasteiger partial charge in [-0.15, -0.1) is 11.3 Å². The summed E-state index contributed by atoms with van der Waals surface area (Å²) in [5, 5.41) is 0.527. The van der Waals surface area contributed by atoms with Crippen molar-refractivity contribution in [2.24, 2.45) is 0 Å². The van der Waals surface area contributed by atoms with E-state index in [1.807, 2.05) is 0 Å². The van der Waals surface area contributed by atoms with Gasteiger partial charge in [0.1, 0.15) is 4.70 Å². The maximum atomic E-state index is 13.7. The fraction of sp³-hybridized carbons (Fsp3) is 0.231. The number of hydrogen-bond donors (Lipinski definition) is 1. The van der Waals surface area contributed by atoms with E-state index in [-0.39, 0.29) is 15.9 Å². The van der Waals surface area contributed by atoms with Crippen molar-refractivity contribution in [3.63, 3.8) is 0 Å². The number of piperidine rings is 1. The van der Waals surface area contributed by atoms with Gasteiger partial charge in [-0.25, -0.2) is 14.3 Å². The maximum Gasteiger partial charge on any atom is 0.491 e. The molecule has 8 nitrogen and oxygen atoms in total. The molecule has 39 heavy (non-hydrogen) atoms. The van der Waals surface area contributed by atoms with Crippen LogP contribution in [0.1, 0.15) is 19.3 Å². The number of benzene rings is 2. The summed E-state index contributed by atoms with van der Waals surface area (Å²) >= 11 is 7.10. The zero-order valence-electron chi connectivity index (χ0n) is 20.1. The lowest BCUT2D eigenvalue weighted by molar-refractivity contribution is -0.190. The van der Waals surface area contributed by atoms with E-state index in [0.717, 1.165) is 53.8 Å². The normalized spacial score (nSPS) is 14.3. The highest BCUT2D eigenvalue weighted by Gasteiger charge is 2.42. The van der Waals surface area contributed by atoms with Gasteiger partial charge in [0.2, 0.25) is 5.95 Å². The summed E-state index contributed by atoms with van der Waals surface area (Å²) in [5.41, 5.74) is 1.53. The number of hydrogen-bond acceptors (Lipinski definition) is 7. The number of aromatic nitrogens is 4. The van der Waals surface area contributed by atoms with Crippen LogP contribution in [0.25, 0.3) is 37.4 Å². The van der Waals surface area contributed by atoms with Gasteiger partial charge < -0.3 is 14.6 Å². The molecule has 13 heteroatoms. The van der Waals surface area contributed by atoms with Crippen LogP contribution in [0.2, 0.25) is 5.02 Å². The topological polar surface area (TPSA) is 93.1 Å². The average Bonchev–Trinajstić information content (AvgIpc) is 3.54. The van der Waals surface area contributed by atoms with E-state index in [1.54, 1.807) is 42.5 Å². The Kier molecular flexibility index (Phi) is 6.31. The summed E-state index contributed by atoms with van der Waals surface area (Å²) in [4.78, 5) is 40.2. The number of nitrogens with zero attached hydrogens (tertiary/aromatic N) is 4. The molecule has 3 aromatic heterocycles. The lowest BCUT2D eigenvalue weighted by Crippen LogP contribution is -2.31. The second-order valence-electron chi connectivity index (χ2n) is 9.06. The third-order valence-corrected chi connectivity index (χ3v) is 7.84. The molecule has 1 N–H and O–H groups in total. The van der Waals surface area contributed by atoms with Crippen molar-refractivity contribution in [2.45, 2.75) is 25.4 Å². The number of H-pyrrole nitrogens is 1. The standard InChI is InChI=1S/C26H19ClF3N5O3S/c27-15-6-4-14(5-7-15)20-13-19-21(39-20)22(36)35(25(33-19)38-23(37)26(28,29)30)16-8-9-17-18(12-16)32-24(31-17)34-10-2-1-3-11-34/h4-9,12-13H,1-3,10-11H2,(H,31,32). The van der Waals surface area contributed by atoms with Crippen molar-refractivity contribution in [3.05, 3.63) is 63.9 Å². The first-order valence-corrected chi connectivity index (χ1v) is 13.2. The lowest BCUT2D eigenvalue weighted by Gasteiger charge is -2.25. The number of carbonyl (C=O) groups excluding carboxylic acids is 1. The minimum absolute atomic E-state index is 0.103. The summed E-state index contributed by atoms with van der Waals surface area (Å²) < 4.78 is 45.0. The number of aromatic amines is 1. The summed E-state index contributed by atoms with van der Waals surface area (Å²) in [6, 6.07) is 12.4. The Labute approximate surface area is 227 Å². The van der Waals surface area contributed by atoms with Crippen LogP contribution in [0, 0.1) is 0 Å². The van der Waals surface area contributed by atoms with E-state index in [1.165, 1.54) is 6.07 Å². The van der Waals surface area contributed by atoms with Gasteiger partial charge in [-0.3, -0.25) is 4.79 Å².